The maximum atomic E-state index is 8.93. The second kappa shape index (κ2) is 15.8. The Morgan fingerprint density at radius 3 is 0.607 bits per heavy atom. The monoisotopic (exact) mass is 554 g/mol. The van der Waals surface area contributed by atoms with Crippen LogP contribution in [0.25, 0.3) is 0 Å². The van der Waals surface area contributed by atoms with Gasteiger partial charge in [0.2, 0.25) is 0 Å². The zero-order valence-corrected chi connectivity index (χ0v) is 25.1. The third-order valence-corrected chi connectivity index (χ3v) is 5.79. The molecule has 0 aromatic carbocycles. The van der Waals surface area contributed by atoms with Gasteiger partial charge in [-0.3, -0.25) is 0 Å². The molecule has 10 heteroatoms. The van der Waals surface area contributed by atoms with Gasteiger partial charge in [-0.25, -0.2) is 0 Å². The van der Waals surface area contributed by atoms with Crippen molar-refractivity contribution in [3.05, 3.63) is 0 Å². The van der Waals surface area contributed by atoms with Gasteiger partial charge in [0, 0.05) is 0 Å². The van der Waals surface area contributed by atoms with E-state index in [4.69, 9.17) is 19.8 Å². The summed E-state index contributed by atoms with van der Waals surface area (Å²) in [5.41, 5.74) is 13.6. The molecule has 0 atom stereocenters. The molecule has 0 aromatic rings. The van der Waals surface area contributed by atoms with E-state index < -0.39 is 44.2 Å². The molecule has 0 N–H and O–H groups in total. The van der Waals surface area contributed by atoms with Gasteiger partial charge in [0.1, 0.15) is 32.3 Å². The second-order valence-corrected chi connectivity index (χ2v) is 29.1. The molecular formula is C18H36Cu2O4Si4. The third kappa shape index (κ3) is 50.1. The summed E-state index contributed by atoms with van der Waals surface area (Å²) < 4.78 is 0. The first-order chi connectivity index (χ1) is 11.1. The molecule has 0 fully saturated rings. The van der Waals surface area contributed by atoms with Gasteiger partial charge in [-0.1, -0.05) is 78.6 Å². The van der Waals surface area contributed by atoms with Crippen LogP contribution in [0.3, 0.4) is 0 Å². The summed E-state index contributed by atoms with van der Waals surface area (Å²) in [5, 5.41) is 17.9. The Kier molecular flexibility index (Phi) is 21.7. The van der Waals surface area contributed by atoms with Gasteiger partial charge in [-0.2, -0.15) is 0 Å². The average Bonchev–Trinajstić information content (AvgIpc) is 2.32. The van der Waals surface area contributed by atoms with Crippen molar-refractivity contribution in [2.45, 2.75) is 78.6 Å². The largest absolute Gasteiger partial charge is 1.00 e. The summed E-state index contributed by atoms with van der Waals surface area (Å²) in [6.07, 6.45) is 0. The second-order valence-electron chi connectivity index (χ2n) is 10.1. The van der Waals surface area contributed by atoms with Crippen molar-refractivity contribution in [1.29, 1.82) is 0 Å². The Morgan fingerprint density at radius 1 is 0.464 bits per heavy atom. The van der Waals surface area contributed by atoms with Crippen LogP contribution in [0.2, 0.25) is 78.6 Å². The fraction of sp³-hybridized carbons (Fsp3) is 0.667. The quantitative estimate of drug-likeness (QED) is 0.260. The van der Waals surface area contributed by atoms with Crippen molar-refractivity contribution in [2.75, 3.05) is 0 Å². The molecule has 0 spiro atoms. The van der Waals surface area contributed by atoms with Gasteiger partial charge in [-0.15, -0.1) is 22.2 Å². The molecule has 170 valence electrons. The molecule has 28 heavy (non-hydrogen) atoms. The van der Waals surface area contributed by atoms with Crippen LogP contribution < -0.4 is 10.2 Å². The Morgan fingerprint density at radius 2 is 0.571 bits per heavy atom. The van der Waals surface area contributed by atoms with Crippen molar-refractivity contribution in [3.63, 3.8) is 0 Å². The van der Waals surface area contributed by atoms with Crippen LogP contribution in [0.15, 0.2) is 0 Å². The van der Waals surface area contributed by atoms with E-state index in [-0.39, 0.29) is 34.1 Å². The number of aliphatic carboxylic acids is 2. The first-order valence-corrected chi connectivity index (χ1v) is 22.6. The fourth-order valence-electron chi connectivity index (χ4n) is 0.750. The van der Waals surface area contributed by atoms with Crippen LogP contribution in [0, 0.1) is 22.2 Å². The van der Waals surface area contributed by atoms with E-state index in [1.807, 2.05) is 0 Å². The molecule has 0 aromatic heterocycles. The minimum atomic E-state index is -2.19. The standard InChI is InChI=1S/2C8H18Si2.C2H2O4.2Cu/c2*1-9(2,3)7-8-10(4,5)6;3-1(4)2(5)6;;/h2*1-6H3;(H,3,4)(H,5,6);;/q;;;2*+1/p-2. The van der Waals surface area contributed by atoms with Gasteiger partial charge < -0.3 is 19.8 Å². The summed E-state index contributed by atoms with van der Waals surface area (Å²) in [4.78, 5) is 17.9. The van der Waals surface area contributed by atoms with Gasteiger partial charge in [-0.05, 0) is 0 Å². The van der Waals surface area contributed by atoms with Crippen LogP contribution >= 0.6 is 0 Å². The number of hydrogen-bond acceptors (Lipinski definition) is 4. The Hall–Kier alpha value is -0.0335. The van der Waals surface area contributed by atoms with Crippen molar-refractivity contribution in [3.8, 4) is 22.2 Å². The zero-order valence-electron chi connectivity index (χ0n) is 19.2. The van der Waals surface area contributed by atoms with Crippen LogP contribution in [0.4, 0.5) is 0 Å². The fourth-order valence-corrected chi connectivity index (χ4v) is 6.75. The Bertz CT molecular complexity index is 499. The average molecular weight is 556 g/mol. The maximum absolute atomic E-state index is 8.93. The van der Waals surface area contributed by atoms with E-state index >= 15 is 0 Å². The number of carbonyl (C=O) groups excluding carboxylic acids is 2. The van der Waals surface area contributed by atoms with Crippen molar-refractivity contribution in [1.82, 2.24) is 0 Å². The number of carbonyl (C=O) groups is 2. The number of carboxylic acids is 2. The number of carboxylic acid groups (broad SMARTS) is 2. The van der Waals surface area contributed by atoms with Crippen LogP contribution in [-0.4, -0.2) is 44.2 Å². The Labute approximate surface area is 198 Å². The summed E-state index contributed by atoms with van der Waals surface area (Å²) >= 11 is 0. The van der Waals surface area contributed by atoms with E-state index in [9.17, 15) is 0 Å². The van der Waals surface area contributed by atoms with Crippen LogP contribution in [0.1, 0.15) is 0 Å². The number of rotatable bonds is 0. The molecule has 0 amide bonds. The van der Waals surface area contributed by atoms with Gasteiger partial charge >= 0.3 is 34.1 Å². The normalized spacial score (nSPS) is 10.3. The van der Waals surface area contributed by atoms with E-state index in [2.05, 4.69) is 101 Å². The molecule has 0 aliphatic rings. The van der Waals surface area contributed by atoms with Crippen molar-refractivity contribution >= 4 is 44.2 Å². The molecule has 0 saturated carbocycles. The molecule has 0 unspecified atom stereocenters. The molecule has 4 nitrogen and oxygen atoms in total. The molecule has 0 aliphatic heterocycles. The maximum Gasteiger partial charge on any atom is 1.00 e. The minimum Gasteiger partial charge on any atom is -0.543 e. The number of hydrogen-bond donors (Lipinski definition) is 0. The van der Waals surface area contributed by atoms with Gasteiger partial charge in [0.15, 0.2) is 0 Å². The predicted molar refractivity (Wildman–Crippen MR) is 119 cm³/mol. The van der Waals surface area contributed by atoms with Crippen molar-refractivity contribution < 1.29 is 53.9 Å². The summed E-state index contributed by atoms with van der Waals surface area (Å²) in [5.74, 6) is -4.37. The summed E-state index contributed by atoms with van der Waals surface area (Å²) in [6, 6.07) is 0. The van der Waals surface area contributed by atoms with E-state index in [1.165, 1.54) is 0 Å². The first-order valence-electron chi connectivity index (χ1n) is 8.57. The first kappa shape index (κ1) is 38.6. The topological polar surface area (TPSA) is 80.3 Å². The Balaban J connectivity index is -0.0000000941. The molecule has 0 heterocycles. The molecule has 0 aliphatic carbocycles. The predicted octanol–water partition coefficient (Wildman–Crippen LogP) is 1.97. The van der Waals surface area contributed by atoms with Gasteiger partial charge in [0.25, 0.3) is 0 Å². The molecule has 0 bridgehead atoms. The molecule has 0 radical (unpaired) electrons. The summed E-state index contributed by atoms with van der Waals surface area (Å²) in [7, 11) is -4.37. The van der Waals surface area contributed by atoms with E-state index in [0.29, 0.717) is 0 Å². The smallest absolute Gasteiger partial charge is 0.543 e. The van der Waals surface area contributed by atoms with Crippen molar-refractivity contribution in [2.24, 2.45) is 0 Å². The molecule has 0 rings (SSSR count). The third-order valence-electron chi connectivity index (χ3n) is 1.79. The van der Waals surface area contributed by atoms with E-state index in [1.54, 1.807) is 0 Å². The van der Waals surface area contributed by atoms with Crippen LogP contribution in [-0.2, 0) is 43.7 Å². The zero-order chi connectivity index (χ0) is 22.0. The molecular weight excluding hydrogens is 520 g/mol. The minimum absolute atomic E-state index is 0. The van der Waals surface area contributed by atoms with Gasteiger partial charge in [0.05, 0.1) is 11.9 Å². The SMILES string of the molecule is C[Si](C)(C)C#C[Si](C)(C)C.C[Si](C)(C)C#C[Si](C)(C)C.O=C([O-])C(=O)[O-].[Cu+].[Cu+]. The van der Waals surface area contributed by atoms with E-state index in [0.717, 1.165) is 0 Å². The molecule has 0 saturated heterocycles. The summed E-state index contributed by atoms with van der Waals surface area (Å²) in [6.45, 7) is 27.5. The van der Waals surface area contributed by atoms with Crippen LogP contribution in [0.5, 0.6) is 0 Å².